The minimum absolute atomic E-state index is 1.25. The van der Waals surface area contributed by atoms with Crippen molar-refractivity contribution in [3.8, 4) is 0 Å². The number of aryl methyl sites for hydroxylation is 1. The third-order valence-corrected chi connectivity index (χ3v) is 2.16. The van der Waals surface area contributed by atoms with Crippen molar-refractivity contribution in [1.29, 1.82) is 5.41 Å². The minimum Gasteiger partial charge on any atom is -0.248 e. The van der Waals surface area contributed by atoms with Gasteiger partial charge in [0.2, 0.25) is 0 Å². The monoisotopic (exact) mass is 221 g/mol. The van der Waals surface area contributed by atoms with Crippen LogP contribution in [0.15, 0.2) is 30.3 Å². The van der Waals surface area contributed by atoms with Gasteiger partial charge in [-0.25, -0.2) is 5.41 Å². The Morgan fingerprint density at radius 2 is 1.73 bits per heavy atom. The van der Waals surface area contributed by atoms with E-state index in [0.717, 1.165) is 0 Å². The third kappa shape index (κ3) is 9.33. The van der Waals surface area contributed by atoms with Crippen molar-refractivity contribution < 1.29 is 0 Å². The van der Waals surface area contributed by atoms with E-state index < -0.39 is 0 Å². The standard InChI is InChI=1S/C12H18.CHNS/c1-2-3-4-6-9-12-10-7-5-8-11-12;2-1-3/h5,7-8,10-11H,2-4,6,9H2,1H3;2H. The van der Waals surface area contributed by atoms with E-state index in [2.05, 4.69) is 49.5 Å². The predicted octanol–water partition coefficient (Wildman–Crippen LogP) is 4.48. The zero-order valence-electron chi connectivity index (χ0n) is 9.33. The van der Waals surface area contributed by atoms with E-state index in [1.54, 1.807) is 5.16 Å². The van der Waals surface area contributed by atoms with Gasteiger partial charge in [0, 0.05) is 0 Å². The molecule has 82 valence electrons. The first kappa shape index (κ1) is 14.0. The second kappa shape index (κ2) is 11.1. The maximum atomic E-state index is 5.77. The Kier molecular flexibility index (Phi) is 10.4. The summed E-state index contributed by atoms with van der Waals surface area (Å²) in [6.45, 7) is 2.25. The lowest BCUT2D eigenvalue weighted by atomic mass is 10.1. The second-order valence-electron chi connectivity index (χ2n) is 3.40. The van der Waals surface area contributed by atoms with Crippen LogP contribution in [-0.2, 0) is 6.42 Å². The van der Waals surface area contributed by atoms with Gasteiger partial charge in [0.1, 0.15) is 0 Å². The fourth-order valence-electron chi connectivity index (χ4n) is 1.40. The van der Waals surface area contributed by atoms with Gasteiger partial charge in [0.15, 0.2) is 0 Å². The Morgan fingerprint density at radius 3 is 2.27 bits per heavy atom. The van der Waals surface area contributed by atoms with E-state index in [1.165, 1.54) is 37.7 Å². The van der Waals surface area contributed by atoms with Crippen LogP contribution in [0.25, 0.3) is 0 Å². The first-order valence-electron chi connectivity index (χ1n) is 5.43. The van der Waals surface area contributed by atoms with Crippen LogP contribution in [0.4, 0.5) is 0 Å². The fraction of sp³-hybridized carbons (Fsp3) is 0.462. The molecule has 1 aromatic rings. The summed E-state index contributed by atoms with van der Waals surface area (Å²) in [5.74, 6) is 0. The first-order valence-corrected chi connectivity index (χ1v) is 5.83. The molecular formula is C13H19NS. The normalized spacial score (nSPS) is 8.60. The molecule has 0 aliphatic heterocycles. The van der Waals surface area contributed by atoms with Crippen molar-refractivity contribution in [1.82, 2.24) is 0 Å². The summed E-state index contributed by atoms with van der Waals surface area (Å²) < 4.78 is 0. The third-order valence-electron chi connectivity index (χ3n) is 2.16. The lowest BCUT2D eigenvalue weighted by Gasteiger charge is -1.99. The molecule has 15 heavy (non-hydrogen) atoms. The summed E-state index contributed by atoms with van der Waals surface area (Å²) in [6.07, 6.45) is 6.69. The van der Waals surface area contributed by atoms with Crippen LogP contribution in [0.1, 0.15) is 38.2 Å². The van der Waals surface area contributed by atoms with Crippen molar-refractivity contribution in [3.05, 3.63) is 35.9 Å². The smallest absolute Gasteiger partial charge is 0.0554 e. The van der Waals surface area contributed by atoms with Crippen LogP contribution in [-0.4, -0.2) is 5.16 Å². The van der Waals surface area contributed by atoms with Gasteiger partial charge in [-0.3, -0.25) is 0 Å². The molecule has 0 amide bonds. The molecule has 1 rings (SSSR count). The fourth-order valence-corrected chi connectivity index (χ4v) is 1.40. The molecule has 0 heterocycles. The Labute approximate surface area is 98.0 Å². The number of hydrogen-bond acceptors (Lipinski definition) is 2. The van der Waals surface area contributed by atoms with Crippen LogP contribution >= 0.6 is 12.2 Å². The molecule has 0 aliphatic carbocycles. The molecule has 1 nitrogen and oxygen atoms in total. The van der Waals surface area contributed by atoms with Crippen LogP contribution in [0, 0.1) is 5.41 Å². The summed E-state index contributed by atoms with van der Waals surface area (Å²) in [5.41, 5.74) is 1.48. The van der Waals surface area contributed by atoms with E-state index in [0.29, 0.717) is 0 Å². The molecule has 0 aromatic heterocycles. The zero-order chi connectivity index (χ0) is 11.4. The van der Waals surface area contributed by atoms with Gasteiger partial charge >= 0.3 is 0 Å². The molecule has 0 saturated carbocycles. The molecule has 0 spiro atoms. The Bertz CT molecular complexity index is 263. The summed E-state index contributed by atoms with van der Waals surface area (Å²) in [4.78, 5) is 0. The average Bonchev–Trinajstić information content (AvgIpc) is 2.27. The maximum absolute atomic E-state index is 5.77. The Hall–Kier alpha value is -0.980. The van der Waals surface area contributed by atoms with Crippen LogP contribution in [0.3, 0.4) is 0 Å². The largest absolute Gasteiger partial charge is 0.248 e. The maximum Gasteiger partial charge on any atom is 0.0554 e. The van der Waals surface area contributed by atoms with Gasteiger partial charge in [0.05, 0.1) is 5.16 Å². The topological polar surface area (TPSA) is 23.9 Å². The Morgan fingerprint density at radius 1 is 1.13 bits per heavy atom. The van der Waals surface area contributed by atoms with Crippen molar-refractivity contribution in [2.75, 3.05) is 0 Å². The van der Waals surface area contributed by atoms with Gasteiger partial charge in [-0.1, -0.05) is 56.5 Å². The molecule has 0 saturated heterocycles. The number of unbranched alkanes of at least 4 members (excludes halogenated alkanes) is 3. The molecule has 2 heteroatoms. The van der Waals surface area contributed by atoms with Crippen molar-refractivity contribution in [3.63, 3.8) is 0 Å². The molecule has 0 atom stereocenters. The quantitative estimate of drug-likeness (QED) is 0.442. The molecule has 0 fully saturated rings. The van der Waals surface area contributed by atoms with Gasteiger partial charge in [-0.05, 0) is 30.6 Å². The molecular weight excluding hydrogens is 202 g/mol. The minimum atomic E-state index is 1.25. The van der Waals surface area contributed by atoms with Crippen molar-refractivity contribution >= 4 is 17.4 Å². The van der Waals surface area contributed by atoms with Crippen LogP contribution < -0.4 is 0 Å². The summed E-state index contributed by atoms with van der Waals surface area (Å²) in [7, 11) is 0. The highest BCUT2D eigenvalue weighted by Gasteiger charge is 1.90. The number of benzene rings is 1. The highest BCUT2D eigenvalue weighted by molar-refractivity contribution is 7.78. The van der Waals surface area contributed by atoms with E-state index in [-0.39, 0.29) is 0 Å². The van der Waals surface area contributed by atoms with E-state index in [1.807, 2.05) is 0 Å². The summed E-state index contributed by atoms with van der Waals surface area (Å²) >= 11 is 3.81. The average molecular weight is 221 g/mol. The number of hydrogen-bond donors (Lipinski definition) is 1. The van der Waals surface area contributed by atoms with Gasteiger partial charge in [-0.2, -0.15) is 0 Å². The van der Waals surface area contributed by atoms with Gasteiger partial charge in [0.25, 0.3) is 0 Å². The first-order chi connectivity index (χ1) is 7.35. The molecule has 1 N–H and O–H groups in total. The second-order valence-corrected chi connectivity index (χ2v) is 3.60. The van der Waals surface area contributed by atoms with Crippen molar-refractivity contribution in [2.24, 2.45) is 0 Å². The number of rotatable bonds is 5. The predicted molar refractivity (Wildman–Crippen MR) is 69.6 cm³/mol. The Balaban J connectivity index is 0.000000583. The van der Waals surface area contributed by atoms with Crippen LogP contribution in [0.2, 0.25) is 0 Å². The van der Waals surface area contributed by atoms with E-state index >= 15 is 0 Å². The lowest BCUT2D eigenvalue weighted by molar-refractivity contribution is 0.667. The number of thiocarbonyl (C=S) groups is 1. The zero-order valence-corrected chi connectivity index (χ0v) is 10.1. The van der Waals surface area contributed by atoms with Crippen LogP contribution in [0.5, 0.6) is 0 Å². The SMILES string of the molecule is CCCCCCc1ccccc1.N=C=S. The molecule has 1 aromatic carbocycles. The molecule has 0 radical (unpaired) electrons. The van der Waals surface area contributed by atoms with E-state index in [4.69, 9.17) is 5.41 Å². The van der Waals surface area contributed by atoms with Crippen molar-refractivity contribution in [2.45, 2.75) is 39.0 Å². The highest BCUT2D eigenvalue weighted by atomic mass is 32.1. The molecule has 0 unspecified atom stereocenters. The number of nitrogens with one attached hydrogen (secondary N) is 1. The van der Waals surface area contributed by atoms with Gasteiger partial charge in [-0.15, -0.1) is 0 Å². The van der Waals surface area contributed by atoms with E-state index in [9.17, 15) is 0 Å². The molecule has 0 aliphatic rings. The summed E-state index contributed by atoms with van der Waals surface area (Å²) in [6, 6.07) is 10.7. The number of isothiocyanates is 1. The van der Waals surface area contributed by atoms with Gasteiger partial charge < -0.3 is 0 Å². The molecule has 0 bridgehead atoms. The highest BCUT2D eigenvalue weighted by Crippen LogP contribution is 2.06. The summed E-state index contributed by atoms with van der Waals surface area (Å²) in [5, 5.41) is 7.36. The lowest BCUT2D eigenvalue weighted by Crippen LogP contribution is -1.84.